The molecule has 0 radical (unpaired) electrons. The van der Waals surface area contributed by atoms with Gasteiger partial charge in [0.25, 0.3) is 0 Å². The van der Waals surface area contributed by atoms with Crippen molar-refractivity contribution in [2.24, 2.45) is 0 Å². The minimum absolute atomic E-state index is 0. The molecule has 3 rings (SSSR count). The zero-order valence-electron chi connectivity index (χ0n) is 18.8. The average molecular weight is 469 g/mol. The molecule has 0 saturated carbocycles. The van der Waals surface area contributed by atoms with Crippen molar-refractivity contribution in [1.82, 2.24) is 0 Å². The maximum atomic E-state index is 11.9. The van der Waals surface area contributed by atoms with E-state index in [1.807, 2.05) is 36.4 Å². The molecule has 1 aliphatic heterocycles. The van der Waals surface area contributed by atoms with E-state index < -0.39 is 10.1 Å². The van der Waals surface area contributed by atoms with Crippen LogP contribution in [0.5, 0.6) is 0 Å². The fourth-order valence-corrected chi connectivity index (χ4v) is 4.93. The first-order valence-corrected chi connectivity index (χ1v) is 12.6. The first-order chi connectivity index (χ1) is 14.5. The molecule has 0 aromatic heterocycles. The van der Waals surface area contributed by atoms with Gasteiger partial charge in [-0.25, -0.2) is 8.42 Å². The Hall–Kier alpha value is -0.414. The van der Waals surface area contributed by atoms with Gasteiger partial charge in [-0.15, -0.1) is 0 Å². The predicted octanol–water partition coefficient (Wildman–Crippen LogP) is 2.88. The molecule has 0 fully saturated rings. The van der Waals surface area contributed by atoms with E-state index in [4.69, 9.17) is 0 Å². The maximum absolute atomic E-state index is 11.9. The number of para-hydroxylation sites is 1. The Morgan fingerprint density at radius 2 is 1.55 bits per heavy atom. The summed E-state index contributed by atoms with van der Waals surface area (Å²) in [4.78, 5) is 1.92. The predicted molar refractivity (Wildman–Crippen MR) is 122 cm³/mol. The summed E-state index contributed by atoms with van der Waals surface area (Å²) in [5.41, 5.74) is 2.33. The Bertz CT molecular complexity index is 906. The van der Waals surface area contributed by atoms with Crippen molar-refractivity contribution in [3.63, 3.8) is 0 Å². The van der Waals surface area contributed by atoms with Crippen LogP contribution in [0.3, 0.4) is 0 Å². The van der Waals surface area contributed by atoms with Crippen LogP contribution in [0.15, 0.2) is 53.4 Å². The van der Waals surface area contributed by atoms with Crippen LogP contribution in [0.1, 0.15) is 70.3 Å². The van der Waals surface area contributed by atoms with Gasteiger partial charge in [0.1, 0.15) is 10.1 Å². The number of hydrogen-bond donors (Lipinski definition) is 1. The summed E-state index contributed by atoms with van der Waals surface area (Å²) >= 11 is 0. The molecule has 5 nitrogen and oxygen atoms in total. The maximum Gasteiger partial charge on any atom is 1.00 e. The Kier molecular flexibility index (Phi) is 11.5. The molecule has 0 saturated heterocycles. The van der Waals surface area contributed by atoms with Crippen molar-refractivity contribution >= 4 is 21.5 Å². The summed E-state index contributed by atoms with van der Waals surface area (Å²) in [5.74, 6) is 0. The Morgan fingerprint density at radius 1 is 0.903 bits per heavy atom. The number of unbranched alkanes of at least 4 members (excludes halogenated alkanes) is 7. The van der Waals surface area contributed by atoms with E-state index in [2.05, 4.69) is 17.1 Å². The van der Waals surface area contributed by atoms with Gasteiger partial charge in [0, 0.05) is 6.54 Å². The zero-order valence-corrected chi connectivity index (χ0v) is 22.8. The van der Waals surface area contributed by atoms with Crippen LogP contribution in [0.25, 0.3) is 0 Å². The fourth-order valence-electron chi connectivity index (χ4n) is 4.22. The molecule has 0 bridgehead atoms. The number of hydrogen-bond acceptors (Lipinski definition) is 5. The number of anilines is 2. The van der Waals surface area contributed by atoms with Crippen LogP contribution in [-0.2, 0) is 16.7 Å². The molecule has 1 N–H and O–H groups in total. The van der Waals surface area contributed by atoms with Gasteiger partial charge < -0.3 is 14.8 Å². The number of rotatable bonds is 12. The van der Waals surface area contributed by atoms with Gasteiger partial charge in [0.05, 0.1) is 22.4 Å². The monoisotopic (exact) mass is 468 g/mol. The van der Waals surface area contributed by atoms with E-state index in [9.17, 15) is 13.0 Å². The summed E-state index contributed by atoms with van der Waals surface area (Å²) in [6.45, 7) is 2.80. The normalized spacial score (nSPS) is 15.3. The van der Waals surface area contributed by atoms with E-state index in [1.165, 1.54) is 51.0 Å². The van der Waals surface area contributed by atoms with Gasteiger partial charge in [0.15, 0.2) is 0 Å². The van der Waals surface area contributed by atoms with Crippen molar-refractivity contribution in [3.8, 4) is 0 Å². The molecule has 164 valence electrons. The third-order valence-electron chi connectivity index (χ3n) is 5.78. The standard InChI is InChI=1S/C24H34N2O3S.K/c1-2-3-4-5-6-7-8-12-18-23-25-21-16-13-17-22(30(27,28)29)24(21)26(23)19-20-14-10-9-11-15-20;/h9-11,13-17,23,25H,2-8,12,18-19H2,1H3,(H,27,28,29);/q;+1/p-1. The van der Waals surface area contributed by atoms with Gasteiger partial charge in [0.2, 0.25) is 0 Å². The SMILES string of the molecule is CCCCCCCCCCC1Nc2cccc(S(=O)(=O)[O-])c2N1Cc1ccccc1.[K+]. The van der Waals surface area contributed by atoms with Crippen LogP contribution in [0, 0.1) is 0 Å². The molecular formula is C24H33KN2O3S. The molecule has 31 heavy (non-hydrogen) atoms. The third kappa shape index (κ3) is 7.84. The van der Waals surface area contributed by atoms with Gasteiger partial charge in [-0.2, -0.15) is 0 Å². The largest absolute Gasteiger partial charge is 1.00 e. The third-order valence-corrected chi connectivity index (χ3v) is 6.65. The first kappa shape index (κ1) is 26.8. The van der Waals surface area contributed by atoms with Crippen molar-refractivity contribution in [2.75, 3.05) is 10.2 Å². The molecular weight excluding hydrogens is 435 g/mol. The van der Waals surface area contributed by atoms with Crippen LogP contribution < -0.4 is 61.6 Å². The molecule has 0 amide bonds. The minimum atomic E-state index is -4.55. The average Bonchev–Trinajstić information content (AvgIpc) is 3.07. The van der Waals surface area contributed by atoms with Gasteiger partial charge in [-0.05, 0) is 30.5 Å². The zero-order chi connectivity index (χ0) is 21.4. The van der Waals surface area contributed by atoms with Crippen molar-refractivity contribution in [2.45, 2.75) is 82.3 Å². The molecule has 2 aromatic rings. The van der Waals surface area contributed by atoms with Crippen LogP contribution in [0.4, 0.5) is 11.4 Å². The molecule has 7 heteroatoms. The first-order valence-electron chi connectivity index (χ1n) is 11.2. The summed E-state index contributed by atoms with van der Waals surface area (Å²) in [6, 6.07) is 14.9. The molecule has 1 unspecified atom stereocenters. The number of nitrogens with zero attached hydrogens (tertiary/aromatic N) is 1. The summed E-state index contributed by atoms with van der Waals surface area (Å²) in [5, 5.41) is 3.46. The molecule has 1 heterocycles. The van der Waals surface area contributed by atoms with E-state index in [0.29, 0.717) is 12.2 Å². The molecule has 0 aliphatic carbocycles. The number of benzene rings is 2. The topological polar surface area (TPSA) is 72.5 Å². The quantitative estimate of drug-likeness (QED) is 0.295. The van der Waals surface area contributed by atoms with E-state index in [-0.39, 0.29) is 62.4 Å². The van der Waals surface area contributed by atoms with Gasteiger partial charge >= 0.3 is 51.4 Å². The second kappa shape index (κ2) is 13.3. The Balaban J connectivity index is 0.00000341. The van der Waals surface area contributed by atoms with Crippen molar-refractivity contribution < 1.29 is 64.4 Å². The molecule has 2 aromatic carbocycles. The van der Waals surface area contributed by atoms with Crippen molar-refractivity contribution in [1.29, 1.82) is 0 Å². The van der Waals surface area contributed by atoms with Crippen LogP contribution in [0.2, 0.25) is 0 Å². The summed E-state index contributed by atoms with van der Waals surface area (Å²) in [6.07, 6.45) is 10.9. The molecule has 0 spiro atoms. The van der Waals surface area contributed by atoms with Crippen molar-refractivity contribution in [3.05, 3.63) is 54.1 Å². The summed E-state index contributed by atoms with van der Waals surface area (Å²) in [7, 11) is -4.55. The molecule has 1 aliphatic rings. The second-order valence-electron chi connectivity index (χ2n) is 8.14. The van der Waals surface area contributed by atoms with Gasteiger partial charge in [-0.3, -0.25) is 0 Å². The Morgan fingerprint density at radius 3 is 2.19 bits per heavy atom. The number of fused-ring (bicyclic) bond motifs is 1. The van der Waals surface area contributed by atoms with Crippen LogP contribution >= 0.6 is 0 Å². The summed E-state index contributed by atoms with van der Waals surface area (Å²) < 4.78 is 35.7. The van der Waals surface area contributed by atoms with E-state index in [0.717, 1.165) is 24.1 Å². The Labute approximate surface area is 230 Å². The molecule has 1 atom stereocenters. The van der Waals surface area contributed by atoms with E-state index in [1.54, 1.807) is 6.07 Å². The smallest absolute Gasteiger partial charge is 0.744 e. The van der Waals surface area contributed by atoms with E-state index >= 15 is 0 Å². The minimum Gasteiger partial charge on any atom is -0.744 e. The second-order valence-corrected chi connectivity index (χ2v) is 9.49. The van der Waals surface area contributed by atoms with Gasteiger partial charge in [-0.1, -0.05) is 88.3 Å². The van der Waals surface area contributed by atoms with Crippen LogP contribution in [-0.4, -0.2) is 19.1 Å². The fraction of sp³-hybridized carbons (Fsp3) is 0.500. The number of nitrogens with one attached hydrogen (secondary N) is 1.